The lowest BCUT2D eigenvalue weighted by atomic mass is 10.1. The quantitative estimate of drug-likeness (QED) is 0.612. The van der Waals surface area contributed by atoms with Gasteiger partial charge in [-0.05, 0) is 62.4 Å². The van der Waals surface area contributed by atoms with Gasteiger partial charge < -0.3 is 25.2 Å². The van der Waals surface area contributed by atoms with Crippen LogP contribution in [-0.4, -0.2) is 52.9 Å². The molecule has 6 nitrogen and oxygen atoms in total. The number of Topliss-reactive ketones (excluding diaryl/α,β-unsaturated/α-hetero) is 1. The summed E-state index contributed by atoms with van der Waals surface area (Å²) in [6.07, 6.45) is 1.66. The summed E-state index contributed by atoms with van der Waals surface area (Å²) in [6, 6.07) is 7.78. The molecule has 0 atom stereocenters. The largest absolute Gasteiger partial charge is 0.497 e. The fourth-order valence-corrected chi connectivity index (χ4v) is 2.37. The highest BCUT2D eigenvalue weighted by atomic mass is 32.1. The Morgan fingerprint density at radius 1 is 1.15 bits per heavy atom. The van der Waals surface area contributed by atoms with Gasteiger partial charge in [0.2, 0.25) is 0 Å². The van der Waals surface area contributed by atoms with Gasteiger partial charge in [0.1, 0.15) is 11.5 Å². The van der Waals surface area contributed by atoms with Crippen LogP contribution in [0.25, 0.3) is 0 Å². The Hall–Kier alpha value is -1.93. The number of aliphatic hydroxyl groups is 1. The number of aliphatic hydroxyl groups excluding tert-OH is 1. The van der Waals surface area contributed by atoms with E-state index < -0.39 is 5.17 Å². The average Bonchev–Trinajstić information content (AvgIpc) is 2.61. The zero-order valence-corrected chi connectivity index (χ0v) is 17.2. The molecule has 0 saturated carbocycles. The molecule has 0 fully saturated rings. The van der Waals surface area contributed by atoms with Crippen LogP contribution >= 0.6 is 24.4 Å². The number of carbonyl (C=O) groups is 1. The van der Waals surface area contributed by atoms with Gasteiger partial charge >= 0.3 is 0 Å². The molecule has 26 heavy (non-hydrogen) atoms. The van der Waals surface area contributed by atoms with Crippen LogP contribution in [0.15, 0.2) is 24.3 Å². The Morgan fingerprint density at radius 3 is 2.15 bits per heavy atom. The zero-order valence-electron chi connectivity index (χ0n) is 15.6. The molecule has 3 N–H and O–H groups in total. The third-order valence-electron chi connectivity index (χ3n) is 3.48. The van der Waals surface area contributed by atoms with Crippen molar-refractivity contribution < 1.29 is 19.4 Å². The Kier molecular flexibility index (Phi) is 13.2. The highest BCUT2D eigenvalue weighted by Gasteiger charge is 2.08. The first kappa shape index (κ1) is 24.1. The van der Waals surface area contributed by atoms with Gasteiger partial charge in [0, 0.05) is 25.9 Å². The van der Waals surface area contributed by atoms with Crippen LogP contribution < -0.4 is 10.5 Å². The van der Waals surface area contributed by atoms with Crippen molar-refractivity contribution in [2.45, 2.75) is 33.1 Å². The van der Waals surface area contributed by atoms with Crippen LogP contribution in [0.5, 0.6) is 5.75 Å². The number of nitrogens with two attached hydrogens (primary N) is 1. The van der Waals surface area contributed by atoms with Gasteiger partial charge in [-0.15, -0.1) is 0 Å². The van der Waals surface area contributed by atoms with Crippen molar-refractivity contribution in [3.8, 4) is 5.75 Å². The number of hydrogen-bond acceptors (Lipinski definition) is 5. The second kappa shape index (κ2) is 14.3. The molecule has 0 saturated heterocycles. The first-order chi connectivity index (χ1) is 12.3. The predicted molar refractivity (Wildman–Crippen MR) is 112 cm³/mol. The van der Waals surface area contributed by atoms with Gasteiger partial charge in [-0.25, -0.2) is 0 Å². The second-order valence-electron chi connectivity index (χ2n) is 5.26. The van der Waals surface area contributed by atoms with Crippen molar-refractivity contribution in [3.05, 3.63) is 29.8 Å². The van der Waals surface area contributed by atoms with Gasteiger partial charge in [-0.3, -0.25) is 4.79 Å². The van der Waals surface area contributed by atoms with Crippen LogP contribution in [0.1, 0.15) is 32.3 Å². The summed E-state index contributed by atoms with van der Waals surface area (Å²) in [5.74, 6) is 1.02. The molecule has 0 spiro atoms. The second-order valence-corrected chi connectivity index (χ2v) is 6.03. The standard InChI is InChI=1S/C17H25NO3S.CH3NOS/c1-4-18(5-2)17(22)21-13-12-15(19)9-6-14-7-10-16(20-3)11-8-14;2-1(3)4/h7-8,10-11H,4-6,9,12-13H2,1-3H3;(H3,2,3,4). The lowest BCUT2D eigenvalue weighted by Gasteiger charge is -2.21. The number of thiocarbonyl (C=S) groups is 2. The van der Waals surface area contributed by atoms with E-state index in [9.17, 15) is 4.79 Å². The summed E-state index contributed by atoms with van der Waals surface area (Å²) in [6.45, 7) is 6.05. The SMILES string of the molecule is CCN(CC)C(=S)OCCC(=O)CCc1ccc(OC)cc1.NC(O)=S. The van der Waals surface area contributed by atoms with E-state index in [0.29, 0.717) is 24.6 Å². The molecule has 0 aliphatic heterocycles. The third-order valence-corrected chi connectivity index (χ3v) is 3.86. The molecule has 0 bridgehead atoms. The average molecular weight is 401 g/mol. The summed E-state index contributed by atoms with van der Waals surface area (Å²) >= 11 is 9.04. The van der Waals surface area contributed by atoms with Crippen molar-refractivity contribution in [2.75, 3.05) is 26.8 Å². The van der Waals surface area contributed by atoms with Gasteiger partial charge in [0.05, 0.1) is 13.7 Å². The van der Waals surface area contributed by atoms with Crippen LogP contribution in [0.4, 0.5) is 0 Å². The van der Waals surface area contributed by atoms with Crippen molar-refractivity contribution in [1.29, 1.82) is 0 Å². The summed E-state index contributed by atoms with van der Waals surface area (Å²) in [5.41, 5.74) is 5.53. The Labute approximate surface area is 166 Å². The monoisotopic (exact) mass is 400 g/mol. The lowest BCUT2D eigenvalue weighted by molar-refractivity contribution is -0.119. The maximum Gasteiger partial charge on any atom is 0.259 e. The molecule has 8 heteroatoms. The number of ketones is 1. The molecule has 0 radical (unpaired) electrons. The summed E-state index contributed by atoms with van der Waals surface area (Å²) in [4.78, 5) is 13.8. The Balaban J connectivity index is 0.00000141. The normalized spacial score (nSPS) is 9.50. The number of nitrogens with zero attached hydrogens (tertiary/aromatic N) is 1. The minimum atomic E-state index is -0.500. The van der Waals surface area contributed by atoms with E-state index in [1.54, 1.807) is 7.11 Å². The fraction of sp³-hybridized carbons (Fsp3) is 0.500. The molecule has 146 valence electrons. The van der Waals surface area contributed by atoms with E-state index in [4.69, 9.17) is 26.8 Å². The van der Waals surface area contributed by atoms with Crippen molar-refractivity contribution in [1.82, 2.24) is 4.90 Å². The van der Waals surface area contributed by atoms with Crippen LogP contribution in [0.2, 0.25) is 0 Å². The highest BCUT2D eigenvalue weighted by Crippen LogP contribution is 2.13. The van der Waals surface area contributed by atoms with Gasteiger partial charge in [-0.2, -0.15) is 0 Å². The summed E-state index contributed by atoms with van der Waals surface area (Å²) in [5, 5.41) is 7.54. The number of benzene rings is 1. The fourth-order valence-electron chi connectivity index (χ4n) is 2.03. The summed E-state index contributed by atoms with van der Waals surface area (Å²) < 4.78 is 10.6. The number of carbonyl (C=O) groups excluding carboxylic acids is 1. The number of rotatable bonds is 9. The molecular formula is C18H28N2O4S2. The Bertz CT molecular complexity index is 557. The molecule has 0 amide bonds. The van der Waals surface area contributed by atoms with E-state index in [1.807, 2.05) is 43.0 Å². The molecule has 0 aromatic heterocycles. The summed E-state index contributed by atoms with van der Waals surface area (Å²) in [7, 11) is 1.64. The minimum absolute atomic E-state index is 0.193. The molecule has 0 aliphatic carbocycles. The number of methoxy groups -OCH3 is 1. The van der Waals surface area contributed by atoms with E-state index in [2.05, 4.69) is 18.0 Å². The van der Waals surface area contributed by atoms with E-state index in [-0.39, 0.29) is 5.78 Å². The van der Waals surface area contributed by atoms with Gasteiger partial charge in [0.25, 0.3) is 10.3 Å². The third kappa shape index (κ3) is 11.6. The van der Waals surface area contributed by atoms with Crippen molar-refractivity contribution in [2.24, 2.45) is 5.73 Å². The van der Waals surface area contributed by atoms with E-state index in [1.165, 1.54) is 0 Å². The van der Waals surface area contributed by atoms with Crippen molar-refractivity contribution >= 4 is 40.6 Å². The molecule has 1 rings (SSSR count). The van der Waals surface area contributed by atoms with Crippen LogP contribution in [0.3, 0.4) is 0 Å². The first-order valence-electron chi connectivity index (χ1n) is 8.38. The first-order valence-corrected chi connectivity index (χ1v) is 9.20. The minimum Gasteiger partial charge on any atom is -0.497 e. The smallest absolute Gasteiger partial charge is 0.259 e. The molecule has 1 aromatic carbocycles. The van der Waals surface area contributed by atoms with Gasteiger partial charge in [0.15, 0.2) is 0 Å². The maximum absolute atomic E-state index is 11.9. The number of aryl methyl sites for hydroxylation is 1. The number of ether oxygens (including phenoxy) is 2. The Morgan fingerprint density at radius 2 is 1.69 bits per heavy atom. The topological polar surface area (TPSA) is 85.0 Å². The lowest BCUT2D eigenvalue weighted by Crippen LogP contribution is -2.31. The molecule has 0 unspecified atom stereocenters. The van der Waals surface area contributed by atoms with Crippen LogP contribution in [0, 0.1) is 0 Å². The highest BCUT2D eigenvalue weighted by molar-refractivity contribution is 7.80. The number of hydrogen-bond donors (Lipinski definition) is 2. The molecule has 0 aliphatic rings. The maximum atomic E-state index is 11.9. The molecule has 0 heterocycles. The predicted octanol–water partition coefficient (Wildman–Crippen LogP) is 3.02. The van der Waals surface area contributed by atoms with E-state index >= 15 is 0 Å². The van der Waals surface area contributed by atoms with E-state index in [0.717, 1.165) is 30.8 Å². The molecular weight excluding hydrogens is 372 g/mol. The van der Waals surface area contributed by atoms with Crippen LogP contribution in [-0.2, 0) is 16.0 Å². The van der Waals surface area contributed by atoms with Crippen molar-refractivity contribution in [3.63, 3.8) is 0 Å². The molecule has 1 aromatic rings. The zero-order chi connectivity index (χ0) is 19.9. The van der Waals surface area contributed by atoms with Gasteiger partial charge in [-0.1, -0.05) is 12.1 Å².